The number of nitrogens with one attached hydrogen (secondary N) is 1. The fourth-order valence-corrected chi connectivity index (χ4v) is 2.18. The number of hydrogen-bond donors (Lipinski definition) is 1. The average Bonchev–Trinajstić information content (AvgIpc) is 2.39. The standard InChI is InChI=1S/C16H26N2O/c1-5-7-11-18(6-2)15(19)12-17-16-13(3)9-8-10-14(16)4/h8-10,17H,5-7,11-12H2,1-4H3. The molecular weight excluding hydrogens is 236 g/mol. The number of nitrogens with zero attached hydrogens (tertiary/aromatic N) is 1. The Kier molecular flexibility index (Phi) is 6.40. The minimum atomic E-state index is 0.179. The van der Waals surface area contributed by atoms with Gasteiger partial charge in [-0.25, -0.2) is 0 Å². The normalized spacial score (nSPS) is 10.3. The summed E-state index contributed by atoms with van der Waals surface area (Å²) in [5.74, 6) is 0.179. The maximum absolute atomic E-state index is 12.1. The Bertz CT molecular complexity index is 395. The molecule has 1 aromatic carbocycles. The molecule has 19 heavy (non-hydrogen) atoms. The van der Waals surface area contributed by atoms with E-state index in [4.69, 9.17) is 0 Å². The molecule has 1 rings (SSSR count). The summed E-state index contributed by atoms with van der Waals surface area (Å²) in [6.45, 7) is 10.3. The number of amides is 1. The van der Waals surface area contributed by atoms with E-state index in [-0.39, 0.29) is 5.91 Å². The van der Waals surface area contributed by atoms with Crippen molar-refractivity contribution in [1.82, 2.24) is 4.90 Å². The summed E-state index contributed by atoms with van der Waals surface area (Å²) < 4.78 is 0. The Labute approximate surface area is 117 Å². The van der Waals surface area contributed by atoms with E-state index in [1.807, 2.05) is 17.9 Å². The van der Waals surface area contributed by atoms with Crippen molar-refractivity contribution in [1.29, 1.82) is 0 Å². The van der Waals surface area contributed by atoms with Crippen molar-refractivity contribution in [2.45, 2.75) is 40.5 Å². The van der Waals surface area contributed by atoms with E-state index in [2.05, 4.69) is 38.2 Å². The number of likely N-dealkylation sites (N-methyl/N-ethyl adjacent to an activating group) is 1. The second kappa shape index (κ2) is 7.82. The molecule has 0 heterocycles. The molecule has 0 aromatic heterocycles. The van der Waals surface area contributed by atoms with Gasteiger partial charge in [0.15, 0.2) is 0 Å². The molecule has 1 aromatic rings. The maximum Gasteiger partial charge on any atom is 0.241 e. The zero-order valence-corrected chi connectivity index (χ0v) is 12.6. The Morgan fingerprint density at radius 1 is 1.21 bits per heavy atom. The summed E-state index contributed by atoms with van der Waals surface area (Å²) in [7, 11) is 0. The number of rotatable bonds is 7. The Morgan fingerprint density at radius 3 is 2.37 bits per heavy atom. The topological polar surface area (TPSA) is 32.3 Å². The predicted molar refractivity (Wildman–Crippen MR) is 81.6 cm³/mol. The Balaban J connectivity index is 2.57. The van der Waals surface area contributed by atoms with Crippen molar-refractivity contribution >= 4 is 11.6 Å². The van der Waals surface area contributed by atoms with Crippen molar-refractivity contribution in [3.63, 3.8) is 0 Å². The number of unbranched alkanes of at least 4 members (excludes halogenated alkanes) is 1. The van der Waals surface area contributed by atoms with Crippen LogP contribution in [0, 0.1) is 13.8 Å². The lowest BCUT2D eigenvalue weighted by molar-refractivity contribution is -0.129. The van der Waals surface area contributed by atoms with E-state index in [0.29, 0.717) is 6.54 Å². The lowest BCUT2D eigenvalue weighted by Crippen LogP contribution is -2.36. The first-order chi connectivity index (χ1) is 9.10. The second-order valence-corrected chi connectivity index (χ2v) is 4.95. The van der Waals surface area contributed by atoms with Gasteiger partial charge in [-0.05, 0) is 38.3 Å². The molecule has 106 valence electrons. The van der Waals surface area contributed by atoms with Crippen molar-refractivity contribution in [2.75, 3.05) is 25.0 Å². The van der Waals surface area contributed by atoms with E-state index in [1.54, 1.807) is 0 Å². The molecule has 0 spiro atoms. The van der Waals surface area contributed by atoms with Crippen LogP contribution < -0.4 is 5.32 Å². The van der Waals surface area contributed by atoms with E-state index in [0.717, 1.165) is 31.6 Å². The molecule has 0 aliphatic heterocycles. The monoisotopic (exact) mass is 262 g/mol. The number of benzene rings is 1. The Morgan fingerprint density at radius 2 is 1.84 bits per heavy atom. The van der Waals surface area contributed by atoms with Crippen molar-refractivity contribution in [2.24, 2.45) is 0 Å². The van der Waals surface area contributed by atoms with Gasteiger partial charge in [-0.1, -0.05) is 31.5 Å². The molecule has 0 fully saturated rings. The van der Waals surface area contributed by atoms with Gasteiger partial charge in [0.05, 0.1) is 6.54 Å². The predicted octanol–water partition coefficient (Wildman–Crippen LogP) is 3.36. The molecule has 3 heteroatoms. The summed E-state index contributed by atoms with van der Waals surface area (Å²) in [6, 6.07) is 6.17. The van der Waals surface area contributed by atoms with Gasteiger partial charge >= 0.3 is 0 Å². The van der Waals surface area contributed by atoms with Gasteiger partial charge in [-0.15, -0.1) is 0 Å². The van der Waals surface area contributed by atoms with Gasteiger partial charge in [0.1, 0.15) is 0 Å². The number of para-hydroxylation sites is 1. The second-order valence-electron chi connectivity index (χ2n) is 4.95. The maximum atomic E-state index is 12.1. The SMILES string of the molecule is CCCCN(CC)C(=O)CNc1c(C)cccc1C. The minimum absolute atomic E-state index is 0.179. The van der Waals surface area contributed by atoms with Crippen LogP contribution in [0.2, 0.25) is 0 Å². The van der Waals surface area contributed by atoms with Gasteiger partial charge in [0, 0.05) is 18.8 Å². The number of anilines is 1. The van der Waals surface area contributed by atoms with E-state index in [9.17, 15) is 4.79 Å². The van der Waals surface area contributed by atoms with Crippen molar-refractivity contribution in [3.05, 3.63) is 29.3 Å². The van der Waals surface area contributed by atoms with Crippen molar-refractivity contribution < 1.29 is 4.79 Å². The van der Waals surface area contributed by atoms with Crippen LogP contribution in [0.15, 0.2) is 18.2 Å². The lowest BCUT2D eigenvalue weighted by Gasteiger charge is -2.21. The number of carbonyl (C=O) groups is 1. The van der Waals surface area contributed by atoms with Crippen molar-refractivity contribution in [3.8, 4) is 0 Å². The molecule has 0 aliphatic carbocycles. The fourth-order valence-electron chi connectivity index (χ4n) is 2.18. The molecule has 0 unspecified atom stereocenters. The fraction of sp³-hybridized carbons (Fsp3) is 0.562. The first-order valence-electron chi connectivity index (χ1n) is 7.18. The van der Waals surface area contributed by atoms with Crippen LogP contribution in [0.4, 0.5) is 5.69 Å². The van der Waals surface area contributed by atoms with Crippen LogP contribution in [-0.4, -0.2) is 30.4 Å². The highest BCUT2D eigenvalue weighted by Gasteiger charge is 2.11. The highest BCUT2D eigenvalue weighted by Crippen LogP contribution is 2.18. The third-order valence-electron chi connectivity index (χ3n) is 3.41. The summed E-state index contributed by atoms with van der Waals surface area (Å²) in [5.41, 5.74) is 3.45. The number of hydrogen-bond acceptors (Lipinski definition) is 2. The van der Waals surface area contributed by atoms with Crippen LogP contribution in [-0.2, 0) is 4.79 Å². The third-order valence-corrected chi connectivity index (χ3v) is 3.41. The van der Waals surface area contributed by atoms with Gasteiger partial charge in [0.2, 0.25) is 5.91 Å². The third kappa shape index (κ3) is 4.58. The van der Waals surface area contributed by atoms with Crippen LogP contribution >= 0.6 is 0 Å². The van der Waals surface area contributed by atoms with Crippen LogP contribution in [0.5, 0.6) is 0 Å². The summed E-state index contributed by atoms with van der Waals surface area (Å²) in [6.07, 6.45) is 2.19. The van der Waals surface area contributed by atoms with Gasteiger partial charge in [0.25, 0.3) is 0 Å². The van der Waals surface area contributed by atoms with Gasteiger partial charge in [-0.3, -0.25) is 4.79 Å². The first kappa shape index (κ1) is 15.5. The highest BCUT2D eigenvalue weighted by atomic mass is 16.2. The molecule has 1 amide bonds. The van der Waals surface area contributed by atoms with Crippen LogP contribution in [0.25, 0.3) is 0 Å². The van der Waals surface area contributed by atoms with E-state index >= 15 is 0 Å². The van der Waals surface area contributed by atoms with Gasteiger partial charge < -0.3 is 10.2 Å². The summed E-state index contributed by atoms with van der Waals surface area (Å²) in [4.78, 5) is 14.1. The molecule has 3 nitrogen and oxygen atoms in total. The molecule has 0 bridgehead atoms. The number of carbonyl (C=O) groups excluding carboxylic acids is 1. The average molecular weight is 262 g/mol. The van der Waals surface area contributed by atoms with Crippen LogP contribution in [0.3, 0.4) is 0 Å². The molecule has 0 radical (unpaired) electrons. The quantitative estimate of drug-likeness (QED) is 0.817. The zero-order valence-electron chi connectivity index (χ0n) is 12.6. The lowest BCUT2D eigenvalue weighted by atomic mass is 10.1. The largest absolute Gasteiger partial charge is 0.376 e. The zero-order chi connectivity index (χ0) is 14.3. The summed E-state index contributed by atoms with van der Waals surface area (Å²) >= 11 is 0. The Hall–Kier alpha value is -1.51. The van der Waals surface area contributed by atoms with E-state index < -0.39 is 0 Å². The van der Waals surface area contributed by atoms with E-state index in [1.165, 1.54) is 11.1 Å². The number of aryl methyl sites for hydroxylation is 2. The first-order valence-corrected chi connectivity index (χ1v) is 7.18. The minimum Gasteiger partial charge on any atom is -0.376 e. The highest BCUT2D eigenvalue weighted by molar-refractivity contribution is 5.81. The molecule has 0 aliphatic rings. The molecular formula is C16H26N2O. The smallest absolute Gasteiger partial charge is 0.241 e. The summed E-state index contributed by atoms with van der Waals surface area (Å²) in [5, 5.41) is 3.28. The molecule has 1 N–H and O–H groups in total. The van der Waals surface area contributed by atoms with Gasteiger partial charge in [-0.2, -0.15) is 0 Å². The molecule has 0 saturated heterocycles. The molecule has 0 saturated carbocycles. The van der Waals surface area contributed by atoms with Crippen LogP contribution in [0.1, 0.15) is 37.8 Å². The molecule has 0 atom stereocenters.